The third kappa shape index (κ3) is 2.37. The number of hydrogen-bond acceptors (Lipinski definition) is 5. The number of aromatic nitrogens is 2. The van der Waals surface area contributed by atoms with E-state index in [1.807, 2.05) is 5.32 Å². The molecule has 0 saturated heterocycles. The summed E-state index contributed by atoms with van der Waals surface area (Å²) in [6, 6.07) is 3.00. The number of amides is 1. The summed E-state index contributed by atoms with van der Waals surface area (Å²) in [4.78, 5) is 39.8. The summed E-state index contributed by atoms with van der Waals surface area (Å²) in [5.74, 6) is -2.76. The van der Waals surface area contributed by atoms with E-state index in [9.17, 15) is 19.5 Å². The van der Waals surface area contributed by atoms with Gasteiger partial charge in [-0.25, -0.2) is 4.98 Å². The van der Waals surface area contributed by atoms with E-state index in [1.165, 1.54) is 18.3 Å². The number of H-pyrrole nitrogens is 1. The van der Waals surface area contributed by atoms with Gasteiger partial charge in [-0.2, -0.15) is 0 Å². The number of carboxylic acids is 1. The van der Waals surface area contributed by atoms with E-state index in [2.05, 4.69) is 9.97 Å². The molecule has 2 aromatic rings. The van der Waals surface area contributed by atoms with Crippen molar-refractivity contribution in [3.05, 3.63) is 34.2 Å². The van der Waals surface area contributed by atoms with Crippen molar-refractivity contribution in [1.82, 2.24) is 15.3 Å². The number of rotatable bonds is 3. The van der Waals surface area contributed by atoms with Crippen LogP contribution in [-0.4, -0.2) is 38.6 Å². The molecule has 8 heteroatoms. The van der Waals surface area contributed by atoms with E-state index in [0.717, 1.165) is 0 Å². The van der Waals surface area contributed by atoms with Crippen LogP contribution in [0.3, 0.4) is 0 Å². The van der Waals surface area contributed by atoms with Gasteiger partial charge >= 0.3 is 5.97 Å². The summed E-state index contributed by atoms with van der Waals surface area (Å²) in [5.41, 5.74) is -1.24. The molecule has 4 N–H and O–H groups in total. The highest BCUT2D eigenvalue weighted by atomic mass is 16.4. The summed E-state index contributed by atoms with van der Waals surface area (Å²) in [5, 5.41) is 20.5. The van der Waals surface area contributed by atoms with E-state index in [1.54, 1.807) is 0 Å². The highest BCUT2D eigenvalue weighted by Crippen LogP contribution is 2.22. The van der Waals surface area contributed by atoms with Gasteiger partial charge in [0.2, 0.25) is 0 Å². The number of carbonyl (C=O) groups excluding carboxylic acids is 1. The van der Waals surface area contributed by atoms with Gasteiger partial charge < -0.3 is 20.5 Å². The number of hydrogen-bond donors (Lipinski definition) is 4. The molecule has 0 aliphatic rings. The number of aliphatic carboxylic acids is 1. The summed E-state index contributed by atoms with van der Waals surface area (Å²) >= 11 is 0. The summed E-state index contributed by atoms with van der Waals surface area (Å²) in [6.45, 7) is -0.650. The van der Waals surface area contributed by atoms with Crippen molar-refractivity contribution in [3.8, 4) is 5.75 Å². The first-order chi connectivity index (χ1) is 9.00. The second kappa shape index (κ2) is 4.77. The Balaban J connectivity index is 2.51. The Morgan fingerprint density at radius 2 is 2.16 bits per heavy atom. The molecule has 0 bridgehead atoms. The third-order valence-electron chi connectivity index (χ3n) is 2.39. The van der Waals surface area contributed by atoms with E-state index in [4.69, 9.17) is 5.11 Å². The number of carbonyl (C=O) groups is 2. The Bertz CT molecular complexity index is 722. The first-order valence-corrected chi connectivity index (χ1v) is 5.20. The number of nitrogens with one attached hydrogen (secondary N) is 2. The number of fused-ring (bicyclic) bond motifs is 1. The summed E-state index contributed by atoms with van der Waals surface area (Å²) in [7, 11) is 0. The fraction of sp³-hybridized carbons (Fsp3) is 0.0909. The van der Waals surface area contributed by atoms with Crippen molar-refractivity contribution >= 4 is 22.9 Å². The second-order valence-corrected chi connectivity index (χ2v) is 3.65. The molecule has 19 heavy (non-hydrogen) atoms. The molecule has 2 rings (SSSR count). The molecule has 0 saturated carbocycles. The van der Waals surface area contributed by atoms with Crippen molar-refractivity contribution in [3.63, 3.8) is 0 Å². The molecular weight excluding hydrogens is 254 g/mol. The lowest BCUT2D eigenvalue weighted by Gasteiger charge is -2.06. The van der Waals surface area contributed by atoms with Gasteiger partial charge in [-0.3, -0.25) is 14.4 Å². The average molecular weight is 263 g/mol. The number of aromatic amines is 1. The van der Waals surface area contributed by atoms with E-state index < -0.39 is 35.3 Å². The zero-order valence-corrected chi connectivity index (χ0v) is 9.51. The molecule has 0 aliphatic heterocycles. The topological polar surface area (TPSA) is 132 Å². The van der Waals surface area contributed by atoms with Gasteiger partial charge in [0.1, 0.15) is 23.5 Å². The first-order valence-electron chi connectivity index (χ1n) is 5.20. The van der Waals surface area contributed by atoms with Crippen molar-refractivity contribution < 1.29 is 19.8 Å². The van der Waals surface area contributed by atoms with Gasteiger partial charge in [0, 0.05) is 6.20 Å². The maximum atomic E-state index is 11.7. The minimum absolute atomic E-state index is 0.139. The SMILES string of the molecule is O=C(O)CNC(=O)c1c(O)c2cccnc2[nH]c1=O. The van der Waals surface area contributed by atoms with Crippen LogP contribution in [0, 0.1) is 0 Å². The van der Waals surface area contributed by atoms with Crippen molar-refractivity contribution in [2.45, 2.75) is 0 Å². The van der Waals surface area contributed by atoms with Crippen LogP contribution in [0.5, 0.6) is 5.75 Å². The van der Waals surface area contributed by atoms with Crippen LogP contribution in [0.2, 0.25) is 0 Å². The molecule has 0 unspecified atom stereocenters. The smallest absolute Gasteiger partial charge is 0.322 e. The average Bonchev–Trinajstić information content (AvgIpc) is 2.36. The lowest BCUT2D eigenvalue weighted by Crippen LogP contribution is -2.33. The summed E-state index contributed by atoms with van der Waals surface area (Å²) in [6.07, 6.45) is 1.42. The maximum Gasteiger partial charge on any atom is 0.322 e. The van der Waals surface area contributed by atoms with Gasteiger partial charge in [-0.1, -0.05) is 0 Å². The predicted octanol–water partition coefficient (Wildman–Crippen LogP) is -0.557. The van der Waals surface area contributed by atoms with Gasteiger partial charge in [0.25, 0.3) is 11.5 Å². The lowest BCUT2D eigenvalue weighted by atomic mass is 10.1. The van der Waals surface area contributed by atoms with Gasteiger partial charge in [0.05, 0.1) is 5.39 Å². The van der Waals surface area contributed by atoms with Crippen LogP contribution in [-0.2, 0) is 4.79 Å². The van der Waals surface area contributed by atoms with E-state index in [0.29, 0.717) is 0 Å². The van der Waals surface area contributed by atoms with Crippen LogP contribution < -0.4 is 10.9 Å². The van der Waals surface area contributed by atoms with E-state index in [-0.39, 0.29) is 11.0 Å². The molecule has 2 heterocycles. The molecule has 1 amide bonds. The zero-order chi connectivity index (χ0) is 14.0. The van der Waals surface area contributed by atoms with Crippen LogP contribution in [0.4, 0.5) is 0 Å². The molecule has 0 spiro atoms. The molecule has 0 radical (unpaired) electrons. The van der Waals surface area contributed by atoms with Crippen LogP contribution in [0.1, 0.15) is 10.4 Å². The monoisotopic (exact) mass is 263 g/mol. The Hall–Kier alpha value is -2.90. The number of nitrogens with zero attached hydrogens (tertiary/aromatic N) is 1. The zero-order valence-electron chi connectivity index (χ0n) is 9.51. The molecule has 8 nitrogen and oxygen atoms in total. The minimum Gasteiger partial charge on any atom is -0.506 e. The Morgan fingerprint density at radius 3 is 2.84 bits per heavy atom. The second-order valence-electron chi connectivity index (χ2n) is 3.65. The number of carboxylic acid groups (broad SMARTS) is 1. The quantitative estimate of drug-likeness (QED) is 0.587. The number of pyridine rings is 2. The largest absolute Gasteiger partial charge is 0.506 e. The fourth-order valence-electron chi connectivity index (χ4n) is 1.56. The van der Waals surface area contributed by atoms with Crippen molar-refractivity contribution in [2.75, 3.05) is 6.54 Å². The standard InChI is InChI=1S/C11H9N3O5/c15-6(16)4-13-10(18)7-8(17)5-2-1-3-12-9(5)14-11(7)19/h1-3H,4H2,(H,13,18)(H,15,16)(H2,12,14,17,19). The van der Waals surface area contributed by atoms with Crippen LogP contribution in [0.15, 0.2) is 23.1 Å². The molecule has 0 atom stereocenters. The molecule has 2 aromatic heterocycles. The highest BCUT2D eigenvalue weighted by molar-refractivity contribution is 6.02. The third-order valence-corrected chi connectivity index (χ3v) is 2.39. The predicted molar refractivity (Wildman–Crippen MR) is 64.0 cm³/mol. The van der Waals surface area contributed by atoms with E-state index >= 15 is 0 Å². The number of aromatic hydroxyl groups is 1. The first kappa shape index (κ1) is 12.6. The molecular formula is C11H9N3O5. The van der Waals surface area contributed by atoms with Gasteiger partial charge in [-0.05, 0) is 12.1 Å². The Morgan fingerprint density at radius 1 is 1.42 bits per heavy atom. The lowest BCUT2D eigenvalue weighted by molar-refractivity contribution is -0.135. The fourth-order valence-corrected chi connectivity index (χ4v) is 1.56. The Kier molecular flexibility index (Phi) is 3.15. The molecule has 0 aliphatic carbocycles. The Labute approximate surface area is 105 Å². The van der Waals surface area contributed by atoms with Crippen molar-refractivity contribution in [2.24, 2.45) is 0 Å². The maximum absolute atomic E-state index is 11.7. The molecule has 0 fully saturated rings. The normalized spacial score (nSPS) is 10.3. The van der Waals surface area contributed by atoms with Crippen LogP contribution in [0.25, 0.3) is 11.0 Å². The highest BCUT2D eigenvalue weighted by Gasteiger charge is 2.19. The molecule has 98 valence electrons. The summed E-state index contributed by atoms with van der Waals surface area (Å²) < 4.78 is 0. The van der Waals surface area contributed by atoms with Gasteiger partial charge in [-0.15, -0.1) is 0 Å². The van der Waals surface area contributed by atoms with Crippen LogP contribution >= 0.6 is 0 Å². The van der Waals surface area contributed by atoms with Crippen molar-refractivity contribution in [1.29, 1.82) is 0 Å². The molecule has 0 aromatic carbocycles. The van der Waals surface area contributed by atoms with Gasteiger partial charge in [0.15, 0.2) is 0 Å². The minimum atomic E-state index is -1.26.